The molecule has 0 nitrogen and oxygen atoms in total. The van der Waals surface area contributed by atoms with E-state index in [0.717, 1.165) is 5.92 Å². The molecular formula is C9H14. The van der Waals surface area contributed by atoms with E-state index < -0.39 is 0 Å². The van der Waals surface area contributed by atoms with Gasteiger partial charge in [0.25, 0.3) is 0 Å². The minimum Gasteiger partial charge on any atom is -0.120 e. The van der Waals surface area contributed by atoms with Crippen molar-refractivity contribution < 1.29 is 0 Å². The van der Waals surface area contributed by atoms with Crippen LogP contribution in [0.25, 0.3) is 0 Å². The minimum atomic E-state index is 0.328. The highest BCUT2D eigenvalue weighted by Crippen LogP contribution is 2.52. The summed E-state index contributed by atoms with van der Waals surface area (Å²) in [5, 5.41) is 0. The van der Waals surface area contributed by atoms with Crippen LogP contribution < -0.4 is 0 Å². The van der Waals surface area contributed by atoms with E-state index in [2.05, 4.69) is 19.8 Å². The molecule has 0 N–H and O–H groups in total. The third-order valence-corrected chi connectivity index (χ3v) is 2.63. The van der Waals surface area contributed by atoms with Crippen molar-refractivity contribution in [3.8, 4) is 12.3 Å². The second kappa shape index (κ2) is 2.06. The lowest BCUT2D eigenvalue weighted by Crippen LogP contribution is -2.08. The summed E-state index contributed by atoms with van der Waals surface area (Å²) in [5.74, 6) is 3.64. The fourth-order valence-corrected chi connectivity index (χ4v) is 1.30. The van der Waals surface area contributed by atoms with E-state index in [-0.39, 0.29) is 0 Å². The Hall–Kier alpha value is -0.440. The Labute approximate surface area is 57.7 Å². The summed E-state index contributed by atoms with van der Waals surface area (Å²) in [6.45, 7) is 4.47. The van der Waals surface area contributed by atoms with Crippen LogP contribution in [0.4, 0.5) is 0 Å². The molecule has 1 aliphatic carbocycles. The van der Waals surface area contributed by atoms with Gasteiger partial charge in [-0.3, -0.25) is 0 Å². The van der Waals surface area contributed by atoms with Crippen LogP contribution in [0.1, 0.15) is 33.1 Å². The number of hydrogen-bond acceptors (Lipinski definition) is 0. The summed E-state index contributed by atoms with van der Waals surface area (Å²) in [5.41, 5.74) is 0.328. The average Bonchev–Trinajstić information content (AvgIpc) is 2.66. The molecule has 0 bridgehead atoms. The fourth-order valence-electron chi connectivity index (χ4n) is 1.30. The molecule has 1 saturated carbocycles. The van der Waals surface area contributed by atoms with E-state index in [1.807, 2.05) is 0 Å². The first kappa shape index (κ1) is 6.68. The van der Waals surface area contributed by atoms with Crippen molar-refractivity contribution in [2.45, 2.75) is 33.1 Å². The lowest BCUT2D eigenvalue weighted by atomic mass is 9.90. The Balaban J connectivity index is 2.52. The highest BCUT2D eigenvalue weighted by Gasteiger charge is 2.44. The summed E-state index contributed by atoms with van der Waals surface area (Å²) >= 11 is 0. The van der Waals surface area contributed by atoms with E-state index in [9.17, 15) is 0 Å². The molecule has 50 valence electrons. The van der Waals surface area contributed by atoms with Gasteiger partial charge in [-0.25, -0.2) is 0 Å². The molecular weight excluding hydrogens is 108 g/mol. The zero-order chi connectivity index (χ0) is 6.91. The second-order valence-corrected chi connectivity index (χ2v) is 3.11. The lowest BCUT2D eigenvalue weighted by molar-refractivity contribution is 0.411. The number of rotatable bonds is 2. The molecule has 0 spiro atoms. The van der Waals surface area contributed by atoms with Crippen LogP contribution in [0.5, 0.6) is 0 Å². The molecule has 0 aromatic heterocycles. The van der Waals surface area contributed by atoms with Crippen LogP contribution in [0.2, 0.25) is 0 Å². The van der Waals surface area contributed by atoms with E-state index in [1.165, 1.54) is 19.3 Å². The predicted octanol–water partition coefficient (Wildman–Crippen LogP) is 2.45. The molecule has 0 aromatic rings. The SMILES string of the molecule is C#CC1(C(C)CC)CC1. The van der Waals surface area contributed by atoms with Crippen molar-refractivity contribution in [1.29, 1.82) is 0 Å². The summed E-state index contributed by atoms with van der Waals surface area (Å²) in [6.07, 6.45) is 9.15. The molecule has 0 radical (unpaired) electrons. The maximum absolute atomic E-state index is 5.40. The average molecular weight is 122 g/mol. The van der Waals surface area contributed by atoms with Crippen LogP contribution >= 0.6 is 0 Å². The van der Waals surface area contributed by atoms with Crippen molar-refractivity contribution in [1.82, 2.24) is 0 Å². The normalized spacial score (nSPS) is 24.6. The highest BCUT2D eigenvalue weighted by atomic mass is 14.5. The van der Waals surface area contributed by atoms with Crippen LogP contribution in [-0.4, -0.2) is 0 Å². The van der Waals surface area contributed by atoms with Gasteiger partial charge in [0.15, 0.2) is 0 Å². The number of terminal acetylenes is 1. The monoisotopic (exact) mass is 122 g/mol. The van der Waals surface area contributed by atoms with Gasteiger partial charge in [-0.15, -0.1) is 6.42 Å². The molecule has 0 aromatic carbocycles. The molecule has 0 aliphatic heterocycles. The minimum absolute atomic E-state index is 0.328. The molecule has 1 unspecified atom stereocenters. The maximum Gasteiger partial charge on any atom is 0.0338 e. The van der Waals surface area contributed by atoms with E-state index in [0.29, 0.717) is 5.41 Å². The summed E-state index contributed by atoms with van der Waals surface area (Å²) in [6, 6.07) is 0. The Bertz CT molecular complexity index is 135. The summed E-state index contributed by atoms with van der Waals surface area (Å²) in [7, 11) is 0. The first-order valence-electron chi connectivity index (χ1n) is 3.73. The molecule has 1 rings (SSSR count). The van der Waals surface area contributed by atoms with Crippen molar-refractivity contribution in [3.05, 3.63) is 0 Å². The lowest BCUT2D eigenvalue weighted by Gasteiger charge is -2.14. The Morgan fingerprint density at radius 3 is 2.33 bits per heavy atom. The zero-order valence-corrected chi connectivity index (χ0v) is 6.28. The summed E-state index contributed by atoms with van der Waals surface area (Å²) < 4.78 is 0. The molecule has 9 heavy (non-hydrogen) atoms. The molecule has 0 heterocycles. The van der Waals surface area contributed by atoms with Crippen molar-refractivity contribution in [2.75, 3.05) is 0 Å². The van der Waals surface area contributed by atoms with Gasteiger partial charge in [0.2, 0.25) is 0 Å². The van der Waals surface area contributed by atoms with Gasteiger partial charge >= 0.3 is 0 Å². The fraction of sp³-hybridized carbons (Fsp3) is 0.778. The van der Waals surface area contributed by atoms with Crippen LogP contribution in [0.15, 0.2) is 0 Å². The third-order valence-electron chi connectivity index (χ3n) is 2.63. The van der Waals surface area contributed by atoms with Gasteiger partial charge in [-0.1, -0.05) is 26.2 Å². The van der Waals surface area contributed by atoms with E-state index in [1.54, 1.807) is 0 Å². The first-order chi connectivity index (χ1) is 4.25. The summed E-state index contributed by atoms with van der Waals surface area (Å²) in [4.78, 5) is 0. The van der Waals surface area contributed by atoms with Crippen LogP contribution in [0, 0.1) is 23.7 Å². The van der Waals surface area contributed by atoms with Gasteiger partial charge in [-0.2, -0.15) is 0 Å². The first-order valence-corrected chi connectivity index (χ1v) is 3.73. The van der Waals surface area contributed by atoms with Crippen molar-refractivity contribution >= 4 is 0 Å². The van der Waals surface area contributed by atoms with Gasteiger partial charge in [0.05, 0.1) is 0 Å². The Morgan fingerprint density at radius 1 is 1.67 bits per heavy atom. The molecule has 0 saturated heterocycles. The Morgan fingerprint density at radius 2 is 2.22 bits per heavy atom. The van der Waals surface area contributed by atoms with Crippen molar-refractivity contribution in [3.63, 3.8) is 0 Å². The van der Waals surface area contributed by atoms with E-state index >= 15 is 0 Å². The van der Waals surface area contributed by atoms with Gasteiger partial charge in [0, 0.05) is 5.41 Å². The molecule has 1 aliphatic rings. The predicted molar refractivity (Wildman–Crippen MR) is 40.0 cm³/mol. The van der Waals surface area contributed by atoms with Gasteiger partial charge in [-0.05, 0) is 18.8 Å². The van der Waals surface area contributed by atoms with Crippen molar-refractivity contribution in [2.24, 2.45) is 11.3 Å². The van der Waals surface area contributed by atoms with Crippen LogP contribution in [0.3, 0.4) is 0 Å². The molecule has 1 atom stereocenters. The second-order valence-electron chi connectivity index (χ2n) is 3.11. The third kappa shape index (κ3) is 0.965. The highest BCUT2D eigenvalue weighted by molar-refractivity contribution is 5.16. The van der Waals surface area contributed by atoms with Crippen LogP contribution in [-0.2, 0) is 0 Å². The van der Waals surface area contributed by atoms with Gasteiger partial charge in [0.1, 0.15) is 0 Å². The Kier molecular flexibility index (Phi) is 1.53. The molecule has 1 fully saturated rings. The largest absolute Gasteiger partial charge is 0.120 e. The number of hydrogen-bond donors (Lipinski definition) is 0. The zero-order valence-electron chi connectivity index (χ0n) is 6.28. The standard InChI is InChI=1S/C9H14/c1-4-8(3)9(5-2)6-7-9/h2,8H,4,6-7H2,1,3H3. The van der Waals surface area contributed by atoms with E-state index in [4.69, 9.17) is 6.42 Å². The van der Waals surface area contributed by atoms with Gasteiger partial charge < -0.3 is 0 Å². The quantitative estimate of drug-likeness (QED) is 0.493. The maximum atomic E-state index is 5.40. The smallest absolute Gasteiger partial charge is 0.0338 e. The molecule has 0 amide bonds. The molecule has 0 heteroatoms. The topological polar surface area (TPSA) is 0 Å².